The highest BCUT2D eigenvalue weighted by Gasteiger charge is 2.22. The van der Waals surface area contributed by atoms with Gasteiger partial charge in [0.2, 0.25) is 0 Å². The molecular formula is C13H15NO. The Morgan fingerprint density at radius 3 is 2.67 bits per heavy atom. The molecule has 1 aliphatic rings. The van der Waals surface area contributed by atoms with Crippen LogP contribution < -0.4 is 5.32 Å². The number of allylic oxidation sites excluding steroid dienone is 2. The van der Waals surface area contributed by atoms with E-state index in [0.717, 1.165) is 18.7 Å². The third-order valence-corrected chi connectivity index (χ3v) is 2.71. The maximum atomic E-state index is 11.6. The highest BCUT2D eigenvalue weighted by Crippen LogP contribution is 2.18. The lowest BCUT2D eigenvalue weighted by atomic mass is 10.1. The second-order valence-electron chi connectivity index (χ2n) is 3.96. The van der Waals surface area contributed by atoms with E-state index in [9.17, 15) is 4.79 Å². The Kier molecular flexibility index (Phi) is 2.86. The van der Waals surface area contributed by atoms with Crippen molar-refractivity contribution in [3.05, 3.63) is 47.7 Å². The molecule has 0 amide bonds. The van der Waals surface area contributed by atoms with Crippen molar-refractivity contribution in [2.75, 3.05) is 0 Å². The van der Waals surface area contributed by atoms with E-state index in [1.54, 1.807) is 0 Å². The Morgan fingerprint density at radius 1 is 1.33 bits per heavy atom. The summed E-state index contributed by atoms with van der Waals surface area (Å²) < 4.78 is 0. The molecule has 0 aromatic heterocycles. The van der Waals surface area contributed by atoms with Crippen LogP contribution in [0.2, 0.25) is 0 Å². The molecule has 1 unspecified atom stereocenters. The summed E-state index contributed by atoms with van der Waals surface area (Å²) in [6, 6.07) is 10.1. The van der Waals surface area contributed by atoms with Gasteiger partial charge in [-0.15, -0.1) is 0 Å². The molecule has 0 aliphatic heterocycles. The zero-order valence-electron chi connectivity index (χ0n) is 8.86. The van der Waals surface area contributed by atoms with Crippen molar-refractivity contribution in [2.45, 2.75) is 19.9 Å². The van der Waals surface area contributed by atoms with E-state index in [2.05, 4.69) is 17.4 Å². The van der Waals surface area contributed by atoms with Crippen molar-refractivity contribution < 1.29 is 4.79 Å². The summed E-state index contributed by atoms with van der Waals surface area (Å²) in [5.74, 6) is 0.397. The first kappa shape index (κ1) is 9.97. The van der Waals surface area contributed by atoms with E-state index < -0.39 is 0 Å². The molecule has 15 heavy (non-hydrogen) atoms. The van der Waals surface area contributed by atoms with E-state index >= 15 is 0 Å². The van der Waals surface area contributed by atoms with E-state index in [1.165, 1.54) is 5.56 Å². The first-order chi connectivity index (χ1) is 7.27. The summed E-state index contributed by atoms with van der Waals surface area (Å²) in [5.41, 5.74) is 1.98. The van der Waals surface area contributed by atoms with Crippen LogP contribution in [0.3, 0.4) is 0 Å². The zero-order chi connectivity index (χ0) is 10.7. The molecule has 1 aliphatic carbocycles. The van der Waals surface area contributed by atoms with Crippen molar-refractivity contribution in [2.24, 2.45) is 5.92 Å². The predicted octanol–water partition coefficient (Wildman–Crippen LogP) is 2.27. The monoisotopic (exact) mass is 201 g/mol. The first-order valence-electron chi connectivity index (χ1n) is 5.29. The van der Waals surface area contributed by atoms with Gasteiger partial charge in [-0.25, -0.2) is 0 Å². The molecule has 1 aromatic rings. The van der Waals surface area contributed by atoms with Crippen molar-refractivity contribution in [3.8, 4) is 0 Å². The van der Waals surface area contributed by atoms with E-state index in [1.807, 2.05) is 31.2 Å². The number of ketones is 1. The number of benzene rings is 1. The number of Topliss-reactive ketones (excluding diaryl/α,β-unsaturated/α-hetero) is 1. The van der Waals surface area contributed by atoms with Crippen LogP contribution in [0.1, 0.15) is 18.9 Å². The Morgan fingerprint density at radius 2 is 2.07 bits per heavy atom. The summed E-state index contributed by atoms with van der Waals surface area (Å²) in [7, 11) is 0. The maximum Gasteiger partial charge on any atom is 0.181 e. The number of nitrogens with one attached hydrogen (secondary N) is 1. The van der Waals surface area contributed by atoms with Crippen molar-refractivity contribution >= 4 is 5.78 Å². The quantitative estimate of drug-likeness (QED) is 0.812. The second kappa shape index (κ2) is 4.30. The van der Waals surface area contributed by atoms with Crippen LogP contribution in [0, 0.1) is 5.92 Å². The van der Waals surface area contributed by atoms with Gasteiger partial charge in [-0.3, -0.25) is 4.79 Å². The number of carbonyl (C=O) groups excluding carboxylic acids is 1. The fraction of sp³-hybridized carbons (Fsp3) is 0.308. The summed E-state index contributed by atoms with van der Waals surface area (Å²) >= 11 is 0. The standard InChI is InChI=1S/C13H15NO/c1-10-7-8-12(13(10)15)14-9-11-5-3-2-4-6-11/h2-6,8,10,14H,7,9H2,1H3. The minimum absolute atomic E-state index is 0.156. The summed E-state index contributed by atoms with van der Waals surface area (Å²) in [6.45, 7) is 2.70. The van der Waals surface area contributed by atoms with E-state index in [-0.39, 0.29) is 11.7 Å². The topological polar surface area (TPSA) is 29.1 Å². The molecule has 0 spiro atoms. The largest absolute Gasteiger partial charge is 0.378 e. The minimum Gasteiger partial charge on any atom is -0.378 e. The average Bonchev–Trinajstić information content (AvgIpc) is 2.59. The summed E-state index contributed by atoms with van der Waals surface area (Å²) in [5, 5.41) is 3.19. The number of hydrogen-bond acceptors (Lipinski definition) is 2. The Bertz CT molecular complexity index is 381. The highest BCUT2D eigenvalue weighted by atomic mass is 16.1. The third-order valence-electron chi connectivity index (χ3n) is 2.71. The predicted molar refractivity (Wildman–Crippen MR) is 60.2 cm³/mol. The molecule has 2 rings (SSSR count). The Hall–Kier alpha value is -1.57. The van der Waals surface area contributed by atoms with Gasteiger partial charge >= 0.3 is 0 Å². The fourth-order valence-electron chi connectivity index (χ4n) is 1.72. The van der Waals surface area contributed by atoms with Gasteiger partial charge in [0.05, 0.1) is 5.70 Å². The number of hydrogen-bond donors (Lipinski definition) is 1. The van der Waals surface area contributed by atoms with E-state index in [0.29, 0.717) is 0 Å². The van der Waals surface area contributed by atoms with E-state index in [4.69, 9.17) is 0 Å². The van der Waals surface area contributed by atoms with Crippen molar-refractivity contribution in [1.82, 2.24) is 5.32 Å². The van der Waals surface area contributed by atoms with Gasteiger partial charge in [-0.2, -0.15) is 0 Å². The van der Waals surface area contributed by atoms with Crippen LogP contribution in [0.5, 0.6) is 0 Å². The molecule has 2 heteroatoms. The lowest BCUT2D eigenvalue weighted by Gasteiger charge is -2.07. The smallest absolute Gasteiger partial charge is 0.181 e. The van der Waals surface area contributed by atoms with Crippen LogP contribution in [-0.2, 0) is 11.3 Å². The van der Waals surface area contributed by atoms with Gasteiger partial charge in [-0.05, 0) is 12.0 Å². The lowest BCUT2D eigenvalue weighted by molar-refractivity contribution is -0.118. The normalized spacial score (nSPS) is 20.2. The van der Waals surface area contributed by atoms with Crippen LogP contribution in [-0.4, -0.2) is 5.78 Å². The van der Waals surface area contributed by atoms with Crippen LogP contribution in [0.4, 0.5) is 0 Å². The second-order valence-corrected chi connectivity index (χ2v) is 3.96. The Balaban J connectivity index is 1.92. The molecule has 0 saturated heterocycles. The molecular weight excluding hydrogens is 186 g/mol. The molecule has 0 saturated carbocycles. The van der Waals surface area contributed by atoms with Crippen LogP contribution >= 0.6 is 0 Å². The summed E-state index contributed by atoms with van der Waals surface area (Å²) in [4.78, 5) is 11.6. The minimum atomic E-state index is 0.156. The molecule has 78 valence electrons. The third kappa shape index (κ3) is 2.27. The van der Waals surface area contributed by atoms with Gasteiger partial charge in [0.25, 0.3) is 0 Å². The maximum absolute atomic E-state index is 11.6. The van der Waals surface area contributed by atoms with Crippen molar-refractivity contribution in [1.29, 1.82) is 0 Å². The number of rotatable bonds is 3. The first-order valence-corrected chi connectivity index (χ1v) is 5.29. The molecule has 1 atom stereocenters. The molecule has 0 heterocycles. The lowest BCUT2D eigenvalue weighted by Crippen LogP contribution is -2.19. The Labute approximate surface area is 90.0 Å². The fourth-order valence-corrected chi connectivity index (χ4v) is 1.72. The van der Waals surface area contributed by atoms with Gasteiger partial charge in [0.15, 0.2) is 5.78 Å². The summed E-state index contributed by atoms with van der Waals surface area (Å²) in [6.07, 6.45) is 2.87. The molecule has 2 nitrogen and oxygen atoms in total. The van der Waals surface area contributed by atoms with Crippen molar-refractivity contribution in [3.63, 3.8) is 0 Å². The molecule has 0 bridgehead atoms. The van der Waals surface area contributed by atoms with Gasteiger partial charge in [0.1, 0.15) is 0 Å². The van der Waals surface area contributed by atoms with Crippen LogP contribution in [0.25, 0.3) is 0 Å². The molecule has 0 radical (unpaired) electrons. The van der Waals surface area contributed by atoms with Gasteiger partial charge in [-0.1, -0.05) is 43.3 Å². The average molecular weight is 201 g/mol. The SMILES string of the molecule is CC1CC=C(NCc2ccccc2)C1=O. The molecule has 1 aromatic carbocycles. The van der Waals surface area contributed by atoms with Gasteiger partial charge in [0, 0.05) is 12.5 Å². The molecule has 1 N–H and O–H groups in total. The van der Waals surface area contributed by atoms with Gasteiger partial charge < -0.3 is 5.32 Å². The van der Waals surface area contributed by atoms with Crippen LogP contribution in [0.15, 0.2) is 42.1 Å². The number of carbonyl (C=O) groups is 1. The zero-order valence-corrected chi connectivity index (χ0v) is 8.86. The highest BCUT2D eigenvalue weighted by molar-refractivity contribution is 5.98. The molecule has 0 fully saturated rings.